The van der Waals surface area contributed by atoms with Crippen LogP contribution in [0.3, 0.4) is 0 Å². The van der Waals surface area contributed by atoms with Crippen molar-refractivity contribution >= 4 is 28.3 Å². The molecule has 3 heteroatoms. The largest absolute Gasteiger partial charge is 0.245 e. The second-order valence-electron chi connectivity index (χ2n) is 3.61. The molecule has 0 saturated carbocycles. The lowest BCUT2D eigenvalue weighted by Crippen LogP contribution is -1.88. The van der Waals surface area contributed by atoms with Gasteiger partial charge in [-0.1, -0.05) is 17.7 Å². The molecule has 2 aromatic rings. The molecule has 0 N–H and O–H groups in total. The van der Waals surface area contributed by atoms with E-state index in [0.29, 0.717) is 0 Å². The van der Waals surface area contributed by atoms with Gasteiger partial charge in [0.25, 0.3) is 0 Å². The van der Waals surface area contributed by atoms with E-state index in [4.69, 9.17) is 0 Å². The van der Waals surface area contributed by atoms with Crippen LogP contribution in [-0.2, 0) is 0 Å². The normalized spacial score (nSPS) is 9.80. The summed E-state index contributed by atoms with van der Waals surface area (Å²) >= 11 is 1.70. The van der Waals surface area contributed by atoms with E-state index in [2.05, 4.69) is 37.9 Å². The molecule has 1 aromatic carbocycles. The van der Waals surface area contributed by atoms with Crippen molar-refractivity contribution in [2.75, 3.05) is 0 Å². The van der Waals surface area contributed by atoms with Crippen LogP contribution in [-0.4, -0.2) is 4.98 Å². The smallest absolute Gasteiger partial charge is 0.123 e. The van der Waals surface area contributed by atoms with Crippen LogP contribution in [0.25, 0.3) is 10.6 Å². The van der Waals surface area contributed by atoms with Gasteiger partial charge in [-0.3, -0.25) is 0 Å². The van der Waals surface area contributed by atoms with Crippen LogP contribution in [0.5, 0.6) is 0 Å². The first-order valence-electron chi connectivity index (χ1n) is 4.66. The number of nitrogens with zero attached hydrogens (tertiary/aromatic N) is 1. The molecule has 0 saturated heterocycles. The molecule has 0 spiro atoms. The lowest BCUT2D eigenvalue weighted by Gasteiger charge is -2.08. The highest BCUT2D eigenvalue weighted by Crippen LogP contribution is 2.29. The molecule has 0 fully saturated rings. The average Bonchev–Trinajstić information content (AvgIpc) is 2.54. The van der Waals surface area contributed by atoms with Crippen LogP contribution in [0.4, 0.5) is 0 Å². The molecule has 1 aromatic heterocycles. The first-order valence-corrected chi connectivity index (χ1v) is 5.54. The molecule has 1 heterocycles. The molecule has 0 radical (unpaired) electrons. The molecule has 0 bridgehead atoms. The number of benzene rings is 1. The standard InChI is InChI=1S/C12H13NS.BrH/c1-8-6-9(2)11(10(3)7-8)12-13-4-5-14-12;/h4-7H,1-3H3;1H. The van der Waals surface area contributed by atoms with E-state index in [-0.39, 0.29) is 17.0 Å². The topological polar surface area (TPSA) is 12.9 Å². The van der Waals surface area contributed by atoms with Gasteiger partial charge < -0.3 is 0 Å². The Morgan fingerprint density at radius 2 is 1.67 bits per heavy atom. The molecule has 0 atom stereocenters. The SMILES string of the molecule is Br.Cc1cc(C)c(-c2nccs2)c(C)c1. The van der Waals surface area contributed by atoms with E-state index in [1.807, 2.05) is 11.6 Å². The third kappa shape index (κ3) is 2.47. The molecule has 0 aliphatic rings. The van der Waals surface area contributed by atoms with Crippen molar-refractivity contribution in [2.24, 2.45) is 0 Å². The summed E-state index contributed by atoms with van der Waals surface area (Å²) in [6.45, 7) is 6.43. The van der Waals surface area contributed by atoms with Gasteiger partial charge in [-0.25, -0.2) is 4.98 Å². The van der Waals surface area contributed by atoms with Crippen LogP contribution in [0.1, 0.15) is 16.7 Å². The van der Waals surface area contributed by atoms with E-state index in [0.717, 1.165) is 5.01 Å². The van der Waals surface area contributed by atoms with E-state index < -0.39 is 0 Å². The predicted octanol–water partition coefficient (Wildman–Crippen LogP) is 4.31. The van der Waals surface area contributed by atoms with Gasteiger partial charge in [0, 0.05) is 17.1 Å². The Balaban J connectivity index is 0.00000112. The quantitative estimate of drug-likeness (QED) is 0.760. The van der Waals surface area contributed by atoms with Crippen molar-refractivity contribution < 1.29 is 0 Å². The van der Waals surface area contributed by atoms with Crippen LogP contribution >= 0.6 is 28.3 Å². The van der Waals surface area contributed by atoms with Crippen molar-refractivity contribution in [3.63, 3.8) is 0 Å². The first-order chi connectivity index (χ1) is 6.68. The Hall–Kier alpha value is -0.670. The summed E-state index contributed by atoms with van der Waals surface area (Å²) in [4.78, 5) is 4.36. The van der Waals surface area contributed by atoms with Gasteiger partial charge in [-0.05, 0) is 31.9 Å². The Morgan fingerprint density at radius 3 is 2.13 bits per heavy atom. The second-order valence-corrected chi connectivity index (χ2v) is 4.51. The summed E-state index contributed by atoms with van der Waals surface area (Å²) < 4.78 is 0. The minimum atomic E-state index is 0. The van der Waals surface area contributed by atoms with Gasteiger partial charge in [-0.2, -0.15) is 0 Å². The van der Waals surface area contributed by atoms with Gasteiger partial charge >= 0.3 is 0 Å². The van der Waals surface area contributed by atoms with Crippen LogP contribution < -0.4 is 0 Å². The highest BCUT2D eigenvalue weighted by molar-refractivity contribution is 8.93. The molecular weight excluding hydrogens is 270 g/mol. The van der Waals surface area contributed by atoms with Crippen LogP contribution in [0, 0.1) is 20.8 Å². The molecule has 0 unspecified atom stereocenters. The van der Waals surface area contributed by atoms with E-state index in [1.165, 1.54) is 22.3 Å². The van der Waals surface area contributed by atoms with Crippen molar-refractivity contribution in [3.05, 3.63) is 40.4 Å². The zero-order valence-corrected chi connectivity index (χ0v) is 11.6. The van der Waals surface area contributed by atoms with Gasteiger partial charge in [0.2, 0.25) is 0 Å². The van der Waals surface area contributed by atoms with E-state index in [1.54, 1.807) is 11.3 Å². The molecule has 0 amide bonds. The predicted molar refractivity (Wildman–Crippen MR) is 72.1 cm³/mol. The number of hydrogen-bond acceptors (Lipinski definition) is 2. The third-order valence-electron chi connectivity index (χ3n) is 2.32. The highest BCUT2D eigenvalue weighted by Gasteiger charge is 2.07. The van der Waals surface area contributed by atoms with Gasteiger partial charge in [0.05, 0.1) is 0 Å². The maximum atomic E-state index is 4.36. The zero-order valence-electron chi connectivity index (χ0n) is 9.07. The summed E-state index contributed by atoms with van der Waals surface area (Å²) in [6, 6.07) is 4.42. The molecule has 1 nitrogen and oxygen atoms in total. The fraction of sp³-hybridized carbons (Fsp3) is 0.250. The number of halogens is 1. The van der Waals surface area contributed by atoms with Crippen molar-refractivity contribution in [2.45, 2.75) is 20.8 Å². The Kier molecular flexibility index (Phi) is 4.05. The first kappa shape index (κ1) is 12.4. The molecule has 80 valence electrons. The monoisotopic (exact) mass is 283 g/mol. The van der Waals surface area contributed by atoms with E-state index in [9.17, 15) is 0 Å². The van der Waals surface area contributed by atoms with Gasteiger partial charge in [0.1, 0.15) is 5.01 Å². The Bertz CT molecular complexity index is 426. The summed E-state index contributed by atoms with van der Waals surface area (Å²) in [5.74, 6) is 0. The van der Waals surface area contributed by atoms with E-state index >= 15 is 0 Å². The average molecular weight is 284 g/mol. The summed E-state index contributed by atoms with van der Waals surface area (Å²) in [7, 11) is 0. The summed E-state index contributed by atoms with van der Waals surface area (Å²) in [6.07, 6.45) is 1.86. The lowest BCUT2D eigenvalue weighted by atomic mass is 10.0. The zero-order chi connectivity index (χ0) is 10.1. The fourth-order valence-corrected chi connectivity index (χ4v) is 2.68. The molecule has 0 aliphatic heterocycles. The molecular formula is C12H14BrNS. The van der Waals surface area contributed by atoms with Gasteiger partial charge in [0.15, 0.2) is 0 Å². The maximum absolute atomic E-state index is 4.36. The summed E-state index contributed by atoms with van der Waals surface area (Å²) in [5.41, 5.74) is 5.25. The minimum Gasteiger partial charge on any atom is -0.245 e. The molecule has 0 aliphatic carbocycles. The molecule has 2 rings (SSSR count). The number of aryl methyl sites for hydroxylation is 3. The van der Waals surface area contributed by atoms with Crippen LogP contribution in [0.15, 0.2) is 23.7 Å². The van der Waals surface area contributed by atoms with Crippen molar-refractivity contribution in [1.82, 2.24) is 4.98 Å². The summed E-state index contributed by atoms with van der Waals surface area (Å²) in [5, 5.41) is 3.15. The van der Waals surface area contributed by atoms with Gasteiger partial charge in [-0.15, -0.1) is 28.3 Å². The lowest BCUT2D eigenvalue weighted by molar-refractivity contribution is 1.30. The third-order valence-corrected chi connectivity index (χ3v) is 3.11. The number of hydrogen-bond donors (Lipinski definition) is 0. The minimum absolute atomic E-state index is 0. The highest BCUT2D eigenvalue weighted by atomic mass is 79.9. The second kappa shape index (κ2) is 4.90. The number of rotatable bonds is 1. The van der Waals surface area contributed by atoms with Crippen molar-refractivity contribution in [1.29, 1.82) is 0 Å². The fourth-order valence-electron chi connectivity index (χ4n) is 1.86. The number of aromatic nitrogens is 1. The maximum Gasteiger partial charge on any atom is 0.123 e. The van der Waals surface area contributed by atoms with Crippen LogP contribution in [0.2, 0.25) is 0 Å². The Labute approximate surface area is 105 Å². The Morgan fingerprint density at radius 1 is 1.07 bits per heavy atom. The molecule has 15 heavy (non-hydrogen) atoms. The van der Waals surface area contributed by atoms with Crippen molar-refractivity contribution in [3.8, 4) is 10.6 Å². The number of thiazole rings is 1.